The number of ether oxygens (including phenoxy) is 1. The van der Waals surface area contributed by atoms with Gasteiger partial charge in [0.2, 0.25) is 5.91 Å². The first-order chi connectivity index (χ1) is 13.0. The highest BCUT2D eigenvalue weighted by Crippen LogP contribution is 2.25. The predicted octanol–water partition coefficient (Wildman–Crippen LogP) is 4.39. The van der Waals surface area contributed by atoms with Gasteiger partial charge in [0.15, 0.2) is 17.7 Å². The lowest BCUT2D eigenvalue weighted by atomic mass is 10.2. The highest BCUT2D eigenvalue weighted by Gasteiger charge is 2.18. The first-order valence-corrected chi connectivity index (χ1v) is 9.24. The Kier molecular flexibility index (Phi) is 6.08. The number of thioether (sulfide) groups is 1. The Morgan fingerprint density at radius 2 is 2.07 bits per heavy atom. The molecule has 0 aliphatic heterocycles. The lowest BCUT2D eigenvalue weighted by molar-refractivity contribution is -0.113. The molecule has 0 radical (unpaired) electrons. The van der Waals surface area contributed by atoms with Gasteiger partial charge < -0.3 is 14.5 Å². The largest absolute Gasteiger partial charge is 0.478 e. The summed E-state index contributed by atoms with van der Waals surface area (Å²) in [6, 6.07) is 13.6. The number of aryl methyl sites for hydroxylation is 1. The molecule has 1 amide bonds. The fourth-order valence-electron chi connectivity index (χ4n) is 2.27. The van der Waals surface area contributed by atoms with Crippen molar-refractivity contribution in [1.29, 1.82) is 0 Å². The fraction of sp³-hybridized carbons (Fsp3) is 0.211. The Morgan fingerprint density at radius 3 is 2.85 bits per heavy atom. The zero-order valence-electron chi connectivity index (χ0n) is 14.8. The number of rotatable bonds is 7. The Labute approximate surface area is 160 Å². The molecule has 1 aromatic heterocycles. The maximum Gasteiger partial charge on any atom is 0.277 e. The predicted molar refractivity (Wildman–Crippen MR) is 100 cm³/mol. The van der Waals surface area contributed by atoms with Crippen LogP contribution in [0.3, 0.4) is 0 Å². The molecular weight excluding hydrogens is 369 g/mol. The van der Waals surface area contributed by atoms with Crippen molar-refractivity contribution >= 4 is 23.4 Å². The zero-order valence-corrected chi connectivity index (χ0v) is 15.6. The molecule has 0 unspecified atom stereocenters. The van der Waals surface area contributed by atoms with Gasteiger partial charge in [-0.25, -0.2) is 4.39 Å². The summed E-state index contributed by atoms with van der Waals surface area (Å²) in [6.07, 6.45) is -0.620. The smallest absolute Gasteiger partial charge is 0.277 e. The van der Waals surface area contributed by atoms with E-state index < -0.39 is 11.9 Å². The molecular formula is C19H18FN3O3S. The van der Waals surface area contributed by atoms with Gasteiger partial charge in [0.25, 0.3) is 11.1 Å². The third-order valence-electron chi connectivity index (χ3n) is 3.54. The maximum absolute atomic E-state index is 13.6. The molecule has 0 aliphatic carbocycles. The summed E-state index contributed by atoms with van der Waals surface area (Å²) < 4.78 is 24.6. The van der Waals surface area contributed by atoms with Gasteiger partial charge in [-0.05, 0) is 43.7 Å². The van der Waals surface area contributed by atoms with Crippen LogP contribution >= 0.6 is 11.8 Å². The third kappa shape index (κ3) is 5.30. The zero-order chi connectivity index (χ0) is 19.2. The molecule has 0 saturated heterocycles. The van der Waals surface area contributed by atoms with E-state index in [2.05, 4.69) is 15.5 Å². The molecule has 0 aliphatic rings. The van der Waals surface area contributed by atoms with Crippen molar-refractivity contribution in [2.75, 3.05) is 11.1 Å². The van der Waals surface area contributed by atoms with Crippen molar-refractivity contribution in [3.8, 4) is 5.75 Å². The van der Waals surface area contributed by atoms with Crippen LogP contribution in [-0.2, 0) is 4.79 Å². The normalized spacial score (nSPS) is 11.8. The highest BCUT2D eigenvalue weighted by atomic mass is 32.2. The summed E-state index contributed by atoms with van der Waals surface area (Å²) in [5, 5.41) is 10.8. The number of nitrogens with one attached hydrogen (secondary N) is 1. The highest BCUT2D eigenvalue weighted by molar-refractivity contribution is 7.99. The van der Waals surface area contributed by atoms with Crippen molar-refractivity contribution in [2.24, 2.45) is 0 Å². The lowest BCUT2D eigenvalue weighted by Crippen LogP contribution is -2.13. The topological polar surface area (TPSA) is 77.2 Å². The van der Waals surface area contributed by atoms with Crippen LogP contribution < -0.4 is 10.1 Å². The molecule has 3 rings (SSSR count). The Hall–Kier alpha value is -2.87. The van der Waals surface area contributed by atoms with Crippen molar-refractivity contribution in [3.05, 3.63) is 65.8 Å². The molecule has 2 aromatic carbocycles. The van der Waals surface area contributed by atoms with Gasteiger partial charge >= 0.3 is 0 Å². The van der Waals surface area contributed by atoms with Gasteiger partial charge in [0.1, 0.15) is 0 Å². The first-order valence-electron chi connectivity index (χ1n) is 8.25. The number of aromatic nitrogens is 2. The van der Waals surface area contributed by atoms with Crippen LogP contribution in [-0.4, -0.2) is 21.9 Å². The van der Waals surface area contributed by atoms with E-state index in [0.717, 1.165) is 23.0 Å². The van der Waals surface area contributed by atoms with E-state index >= 15 is 0 Å². The first kappa shape index (κ1) is 18.9. The second-order valence-corrected chi connectivity index (χ2v) is 6.73. The van der Waals surface area contributed by atoms with Crippen LogP contribution in [0.25, 0.3) is 0 Å². The van der Waals surface area contributed by atoms with Gasteiger partial charge in [-0.2, -0.15) is 0 Å². The standard InChI is InChI=1S/C19H18FN3O3S/c1-12-6-5-7-14(10-12)21-17(24)11-27-19-23-22-18(26-19)13(2)25-16-9-4-3-8-15(16)20/h3-10,13H,11H2,1-2H3,(H,21,24)/t13-/m0/s1. The molecule has 1 atom stereocenters. The molecule has 0 spiro atoms. The number of carbonyl (C=O) groups excluding carboxylic acids is 1. The quantitative estimate of drug-likeness (QED) is 0.606. The van der Waals surface area contributed by atoms with Crippen molar-refractivity contribution < 1.29 is 18.3 Å². The Balaban J connectivity index is 1.53. The average molecular weight is 387 g/mol. The number of amides is 1. The molecule has 1 N–H and O–H groups in total. The van der Waals surface area contributed by atoms with Gasteiger partial charge in [-0.1, -0.05) is 36.0 Å². The van der Waals surface area contributed by atoms with E-state index in [4.69, 9.17) is 9.15 Å². The number of hydrogen-bond acceptors (Lipinski definition) is 6. The van der Waals surface area contributed by atoms with Crippen LogP contribution in [0.5, 0.6) is 5.75 Å². The van der Waals surface area contributed by atoms with Crippen molar-refractivity contribution in [3.63, 3.8) is 0 Å². The van der Waals surface area contributed by atoms with E-state index in [1.165, 1.54) is 12.1 Å². The Bertz CT molecular complexity index is 932. The van der Waals surface area contributed by atoms with E-state index in [0.29, 0.717) is 0 Å². The molecule has 140 valence electrons. The van der Waals surface area contributed by atoms with E-state index in [-0.39, 0.29) is 28.5 Å². The van der Waals surface area contributed by atoms with Crippen molar-refractivity contribution in [1.82, 2.24) is 10.2 Å². The van der Waals surface area contributed by atoms with Crippen LogP contribution in [0.2, 0.25) is 0 Å². The maximum atomic E-state index is 13.6. The van der Waals surface area contributed by atoms with Crippen LogP contribution in [0, 0.1) is 12.7 Å². The summed E-state index contributed by atoms with van der Waals surface area (Å²) in [5.41, 5.74) is 1.80. The number of anilines is 1. The Morgan fingerprint density at radius 1 is 1.26 bits per heavy atom. The lowest BCUT2D eigenvalue weighted by Gasteiger charge is -2.11. The number of benzene rings is 2. The molecule has 0 fully saturated rings. The van der Waals surface area contributed by atoms with E-state index in [1.807, 2.05) is 31.2 Å². The summed E-state index contributed by atoms with van der Waals surface area (Å²) >= 11 is 1.12. The van der Waals surface area contributed by atoms with Gasteiger partial charge in [0, 0.05) is 5.69 Å². The average Bonchev–Trinajstić information content (AvgIpc) is 3.11. The van der Waals surface area contributed by atoms with Gasteiger partial charge in [-0.3, -0.25) is 4.79 Å². The molecule has 0 bridgehead atoms. The van der Waals surface area contributed by atoms with Crippen LogP contribution in [0.15, 0.2) is 58.2 Å². The minimum Gasteiger partial charge on any atom is -0.478 e. The molecule has 0 saturated carbocycles. The second-order valence-electron chi connectivity index (χ2n) is 5.80. The monoisotopic (exact) mass is 387 g/mol. The fourth-order valence-corrected chi connectivity index (χ4v) is 2.84. The number of carbonyl (C=O) groups is 1. The van der Waals surface area contributed by atoms with E-state index in [9.17, 15) is 9.18 Å². The van der Waals surface area contributed by atoms with Gasteiger partial charge in [0.05, 0.1) is 5.75 Å². The molecule has 8 heteroatoms. The summed E-state index contributed by atoms with van der Waals surface area (Å²) in [5.74, 6) is -0.208. The van der Waals surface area contributed by atoms with E-state index in [1.54, 1.807) is 19.1 Å². The number of nitrogens with zero attached hydrogens (tertiary/aromatic N) is 2. The number of para-hydroxylation sites is 1. The SMILES string of the molecule is Cc1cccc(NC(=O)CSc2nnc([C@H](C)Oc3ccccc3F)o2)c1. The number of halogens is 1. The molecule has 27 heavy (non-hydrogen) atoms. The summed E-state index contributed by atoms with van der Waals surface area (Å²) in [7, 11) is 0. The van der Waals surface area contributed by atoms with Crippen LogP contribution in [0.4, 0.5) is 10.1 Å². The van der Waals surface area contributed by atoms with Gasteiger partial charge in [-0.15, -0.1) is 10.2 Å². The third-order valence-corrected chi connectivity index (χ3v) is 4.36. The molecule has 3 aromatic rings. The minimum atomic E-state index is -0.620. The van der Waals surface area contributed by atoms with Crippen molar-refractivity contribution in [2.45, 2.75) is 25.2 Å². The minimum absolute atomic E-state index is 0.106. The molecule has 1 heterocycles. The number of hydrogen-bond donors (Lipinski definition) is 1. The summed E-state index contributed by atoms with van der Waals surface area (Å²) in [6.45, 7) is 3.63. The molecule has 6 nitrogen and oxygen atoms in total. The second kappa shape index (κ2) is 8.68. The van der Waals surface area contributed by atoms with Crippen LogP contribution in [0.1, 0.15) is 24.5 Å². The summed E-state index contributed by atoms with van der Waals surface area (Å²) in [4.78, 5) is 12.0.